The van der Waals surface area contributed by atoms with Gasteiger partial charge in [0.25, 0.3) is 0 Å². The Hall–Kier alpha value is -1.04. The first-order valence-electron chi connectivity index (χ1n) is 6.66. The van der Waals surface area contributed by atoms with Crippen molar-refractivity contribution < 1.29 is 8.78 Å². The lowest BCUT2D eigenvalue weighted by atomic mass is 9.98. The van der Waals surface area contributed by atoms with Crippen LogP contribution in [-0.4, -0.2) is 0 Å². The molecule has 0 amide bonds. The maximum Gasteiger partial charge on any atom is 0.137 e. The van der Waals surface area contributed by atoms with Crippen molar-refractivity contribution >= 4 is 47.8 Å². The van der Waals surface area contributed by atoms with Crippen LogP contribution in [0.2, 0.25) is 0 Å². The summed E-state index contributed by atoms with van der Waals surface area (Å²) >= 11 is 10.2. The zero-order chi connectivity index (χ0) is 16.6. The van der Waals surface area contributed by atoms with Crippen LogP contribution in [0.1, 0.15) is 0 Å². The Balaban J connectivity index is 2.24. The van der Waals surface area contributed by atoms with Gasteiger partial charge in [-0.2, -0.15) is 0 Å². The molecule has 0 fully saturated rings. The van der Waals surface area contributed by atoms with E-state index in [0.717, 1.165) is 25.6 Å². The lowest BCUT2D eigenvalue weighted by Gasteiger charge is -2.13. The second kappa shape index (κ2) is 6.83. The van der Waals surface area contributed by atoms with Crippen molar-refractivity contribution in [2.75, 3.05) is 0 Å². The molecule has 0 bridgehead atoms. The molecule has 0 aromatic heterocycles. The van der Waals surface area contributed by atoms with Crippen molar-refractivity contribution in [2.45, 2.75) is 0 Å². The molecule has 0 saturated carbocycles. The second-order valence-corrected chi connectivity index (χ2v) is 7.43. The van der Waals surface area contributed by atoms with Gasteiger partial charge in [0.1, 0.15) is 11.6 Å². The fraction of sp³-hybridized carbons (Fsp3) is 0. The summed E-state index contributed by atoms with van der Waals surface area (Å²) in [6.45, 7) is 0. The van der Waals surface area contributed by atoms with Crippen molar-refractivity contribution in [3.63, 3.8) is 0 Å². The van der Waals surface area contributed by atoms with Crippen molar-refractivity contribution in [2.24, 2.45) is 0 Å². The van der Waals surface area contributed by atoms with Crippen LogP contribution in [0, 0.1) is 11.6 Å². The number of benzene rings is 3. The Morgan fingerprint density at radius 1 is 0.652 bits per heavy atom. The molecule has 0 N–H and O–H groups in total. The quantitative estimate of drug-likeness (QED) is 0.339. The van der Waals surface area contributed by atoms with Crippen molar-refractivity contribution in [3.05, 3.63) is 79.6 Å². The molecule has 3 aromatic rings. The molecule has 5 heteroatoms. The molecule has 0 radical (unpaired) electrons. The summed E-state index contributed by atoms with van der Waals surface area (Å²) in [6, 6.07) is 15.1. The van der Waals surface area contributed by atoms with Gasteiger partial charge >= 0.3 is 0 Å². The third kappa shape index (κ3) is 3.42. The topological polar surface area (TPSA) is 0 Å². The summed E-state index contributed by atoms with van der Waals surface area (Å²) in [5, 5.41) is 0. The SMILES string of the molecule is Fc1cc(-c2ccc(F)c(Br)c2)c(Br)c(-c2ccccc2Br)c1. The van der Waals surface area contributed by atoms with Gasteiger partial charge in [0.2, 0.25) is 0 Å². The molecule has 0 aliphatic carbocycles. The lowest BCUT2D eigenvalue weighted by Crippen LogP contribution is -1.90. The Morgan fingerprint density at radius 3 is 2.04 bits per heavy atom. The van der Waals surface area contributed by atoms with Gasteiger partial charge < -0.3 is 0 Å². The van der Waals surface area contributed by atoms with E-state index in [0.29, 0.717) is 10.0 Å². The van der Waals surface area contributed by atoms with Crippen molar-refractivity contribution in [3.8, 4) is 22.3 Å². The Labute approximate surface area is 157 Å². The van der Waals surface area contributed by atoms with Crippen LogP contribution < -0.4 is 0 Å². The number of hydrogen-bond acceptors (Lipinski definition) is 0. The van der Waals surface area contributed by atoms with E-state index in [1.165, 1.54) is 18.2 Å². The summed E-state index contributed by atoms with van der Waals surface area (Å²) in [5.74, 6) is -0.707. The molecule has 116 valence electrons. The Kier molecular flexibility index (Phi) is 4.99. The average Bonchev–Trinajstić information content (AvgIpc) is 2.53. The maximum atomic E-state index is 14.2. The Bertz CT molecular complexity index is 891. The number of halogens is 5. The average molecular weight is 503 g/mol. The van der Waals surface area contributed by atoms with Crippen LogP contribution in [-0.2, 0) is 0 Å². The first kappa shape index (κ1) is 16.8. The highest BCUT2D eigenvalue weighted by molar-refractivity contribution is 9.11. The lowest BCUT2D eigenvalue weighted by molar-refractivity contribution is 0.621. The van der Waals surface area contributed by atoms with Crippen LogP contribution in [0.25, 0.3) is 22.3 Å². The largest absolute Gasteiger partial charge is 0.207 e. The van der Waals surface area contributed by atoms with E-state index in [1.54, 1.807) is 12.1 Å². The zero-order valence-corrected chi connectivity index (χ0v) is 16.3. The van der Waals surface area contributed by atoms with Crippen LogP contribution in [0.3, 0.4) is 0 Å². The van der Waals surface area contributed by atoms with Gasteiger partial charge in [0, 0.05) is 14.5 Å². The molecule has 0 saturated heterocycles. The van der Waals surface area contributed by atoms with E-state index in [2.05, 4.69) is 47.8 Å². The number of rotatable bonds is 2. The second-order valence-electron chi connectivity index (χ2n) is 4.92. The summed E-state index contributed by atoms with van der Waals surface area (Å²) in [7, 11) is 0. The van der Waals surface area contributed by atoms with E-state index < -0.39 is 0 Å². The predicted octanol–water partition coefficient (Wildman–Crippen LogP) is 7.59. The predicted molar refractivity (Wildman–Crippen MR) is 100 cm³/mol. The molecule has 0 heterocycles. The summed E-state index contributed by atoms with van der Waals surface area (Å²) in [6.07, 6.45) is 0. The van der Waals surface area contributed by atoms with Crippen LogP contribution in [0.15, 0.2) is 68.0 Å². The van der Waals surface area contributed by atoms with Gasteiger partial charge in [-0.25, -0.2) is 8.78 Å². The summed E-state index contributed by atoms with van der Waals surface area (Å²) in [4.78, 5) is 0. The highest BCUT2D eigenvalue weighted by Crippen LogP contribution is 2.40. The normalized spacial score (nSPS) is 10.8. The molecule has 0 aliphatic heterocycles. The van der Waals surface area contributed by atoms with Gasteiger partial charge in [0.05, 0.1) is 4.47 Å². The first-order chi connectivity index (χ1) is 11.0. The summed E-state index contributed by atoms with van der Waals surface area (Å²) in [5.41, 5.74) is 2.99. The van der Waals surface area contributed by atoms with Crippen molar-refractivity contribution in [1.82, 2.24) is 0 Å². The van der Waals surface area contributed by atoms with Gasteiger partial charge in [-0.1, -0.05) is 40.2 Å². The minimum atomic E-state index is -0.354. The third-order valence-corrected chi connectivity index (χ3v) is 5.59. The van der Waals surface area contributed by atoms with Gasteiger partial charge in [-0.3, -0.25) is 0 Å². The molecule has 0 unspecified atom stereocenters. The minimum absolute atomic E-state index is 0.341. The minimum Gasteiger partial charge on any atom is -0.207 e. The Morgan fingerprint density at radius 2 is 1.35 bits per heavy atom. The van der Waals surface area contributed by atoms with Gasteiger partial charge in [-0.05, 0) is 78.9 Å². The fourth-order valence-electron chi connectivity index (χ4n) is 2.34. The molecule has 0 nitrogen and oxygen atoms in total. The fourth-order valence-corrected chi connectivity index (χ4v) is 3.89. The molecule has 3 rings (SSSR count). The maximum absolute atomic E-state index is 14.2. The van der Waals surface area contributed by atoms with E-state index in [-0.39, 0.29) is 11.6 Å². The molecule has 0 spiro atoms. The first-order valence-corrected chi connectivity index (χ1v) is 9.04. The van der Waals surface area contributed by atoms with Crippen molar-refractivity contribution in [1.29, 1.82) is 0 Å². The van der Waals surface area contributed by atoms with Crippen LogP contribution in [0.4, 0.5) is 8.78 Å². The molecule has 23 heavy (non-hydrogen) atoms. The third-order valence-electron chi connectivity index (χ3n) is 3.43. The molecular formula is C18H9Br3F2. The monoisotopic (exact) mass is 500 g/mol. The zero-order valence-electron chi connectivity index (χ0n) is 11.6. The van der Waals surface area contributed by atoms with E-state index in [1.807, 2.05) is 24.3 Å². The standard InChI is InChI=1S/C18H9Br3F2/c19-15-4-2-1-3-12(15)14-9-11(22)8-13(18(14)21)10-5-6-17(23)16(20)7-10/h1-9H. The van der Waals surface area contributed by atoms with E-state index >= 15 is 0 Å². The molecule has 0 aliphatic rings. The van der Waals surface area contributed by atoms with E-state index in [9.17, 15) is 8.78 Å². The van der Waals surface area contributed by atoms with Crippen LogP contribution >= 0.6 is 47.8 Å². The highest BCUT2D eigenvalue weighted by atomic mass is 79.9. The molecule has 3 aromatic carbocycles. The van der Waals surface area contributed by atoms with Gasteiger partial charge in [0.15, 0.2) is 0 Å². The summed E-state index contributed by atoms with van der Waals surface area (Å²) < 4.78 is 29.6. The smallest absolute Gasteiger partial charge is 0.137 e. The number of hydrogen-bond donors (Lipinski definition) is 0. The van der Waals surface area contributed by atoms with Crippen LogP contribution in [0.5, 0.6) is 0 Å². The van der Waals surface area contributed by atoms with Gasteiger partial charge in [-0.15, -0.1) is 0 Å². The highest BCUT2D eigenvalue weighted by Gasteiger charge is 2.15. The van der Waals surface area contributed by atoms with E-state index in [4.69, 9.17) is 0 Å². The molecular weight excluding hydrogens is 494 g/mol. The molecule has 0 atom stereocenters.